The second kappa shape index (κ2) is 7.04. The largest absolute Gasteiger partial charge is 0.481 e. The number of nitrogens with zero attached hydrogens (tertiary/aromatic N) is 2. The van der Waals surface area contributed by atoms with Gasteiger partial charge in [-0.3, -0.25) is 10.1 Å². The Kier molecular flexibility index (Phi) is 5.11. The topological polar surface area (TPSA) is 64.1 Å². The van der Waals surface area contributed by atoms with E-state index in [1.807, 2.05) is 31.2 Å². The van der Waals surface area contributed by atoms with Crippen LogP contribution in [0.15, 0.2) is 30.3 Å². The van der Waals surface area contributed by atoms with Crippen molar-refractivity contribution in [2.24, 2.45) is 0 Å². The first-order chi connectivity index (χ1) is 10.1. The number of halogens is 1. The zero-order chi connectivity index (χ0) is 15.2. The highest BCUT2D eigenvalue weighted by atomic mass is 35.5. The SMILES string of the molecule is COc1cc(Cl)nc(NC(=O)CCc2ccccc2C)n1. The van der Waals surface area contributed by atoms with Crippen LogP contribution in [-0.4, -0.2) is 23.0 Å². The number of aromatic nitrogens is 2. The Bertz CT molecular complexity index is 647. The Labute approximate surface area is 128 Å². The first-order valence-electron chi connectivity index (χ1n) is 6.51. The fraction of sp³-hybridized carbons (Fsp3) is 0.267. The fourth-order valence-corrected chi connectivity index (χ4v) is 2.06. The Balaban J connectivity index is 1.96. The van der Waals surface area contributed by atoms with E-state index >= 15 is 0 Å². The number of anilines is 1. The van der Waals surface area contributed by atoms with Crippen molar-refractivity contribution in [1.29, 1.82) is 0 Å². The first-order valence-corrected chi connectivity index (χ1v) is 6.89. The number of ether oxygens (including phenoxy) is 1. The van der Waals surface area contributed by atoms with Crippen molar-refractivity contribution >= 4 is 23.5 Å². The molecular weight excluding hydrogens is 290 g/mol. The molecule has 0 radical (unpaired) electrons. The van der Waals surface area contributed by atoms with Gasteiger partial charge in [0, 0.05) is 12.5 Å². The molecule has 0 bridgehead atoms. The third-order valence-corrected chi connectivity index (χ3v) is 3.21. The van der Waals surface area contributed by atoms with Crippen LogP contribution < -0.4 is 10.1 Å². The van der Waals surface area contributed by atoms with Crippen molar-refractivity contribution in [1.82, 2.24) is 9.97 Å². The molecule has 0 aliphatic rings. The van der Waals surface area contributed by atoms with Gasteiger partial charge < -0.3 is 4.74 Å². The van der Waals surface area contributed by atoms with Crippen molar-refractivity contribution < 1.29 is 9.53 Å². The summed E-state index contributed by atoms with van der Waals surface area (Å²) in [5.41, 5.74) is 2.32. The molecule has 1 aromatic carbocycles. The average molecular weight is 306 g/mol. The number of amides is 1. The highest BCUT2D eigenvalue weighted by Crippen LogP contribution is 2.16. The number of hydrogen-bond donors (Lipinski definition) is 1. The van der Waals surface area contributed by atoms with Gasteiger partial charge in [0.15, 0.2) is 0 Å². The van der Waals surface area contributed by atoms with Gasteiger partial charge in [0.05, 0.1) is 7.11 Å². The molecule has 0 aliphatic heterocycles. The number of aryl methyl sites for hydroxylation is 2. The van der Waals surface area contributed by atoms with E-state index in [0.29, 0.717) is 18.7 Å². The normalized spacial score (nSPS) is 10.2. The van der Waals surface area contributed by atoms with Gasteiger partial charge >= 0.3 is 0 Å². The minimum atomic E-state index is -0.164. The predicted molar refractivity (Wildman–Crippen MR) is 81.7 cm³/mol. The Morgan fingerprint density at radius 2 is 2.10 bits per heavy atom. The van der Waals surface area contributed by atoms with Crippen molar-refractivity contribution in [2.45, 2.75) is 19.8 Å². The lowest BCUT2D eigenvalue weighted by molar-refractivity contribution is -0.116. The summed E-state index contributed by atoms with van der Waals surface area (Å²) in [6.45, 7) is 2.03. The van der Waals surface area contributed by atoms with Crippen molar-refractivity contribution in [3.8, 4) is 5.88 Å². The standard InChI is InChI=1S/C15H16ClN3O2/c1-10-5-3-4-6-11(10)7-8-13(20)18-15-17-12(16)9-14(19-15)21-2/h3-6,9H,7-8H2,1-2H3,(H,17,18,19,20). The molecule has 5 nitrogen and oxygen atoms in total. The van der Waals surface area contributed by atoms with Gasteiger partial charge in [0.2, 0.25) is 17.7 Å². The molecule has 2 rings (SSSR count). The van der Waals surface area contributed by atoms with E-state index in [2.05, 4.69) is 15.3 Å². The van der Waals surface area contributed by atoms with E-state index in [4.69, 9.17) is 16.3 Å². The fourth-order valence-electron chi connectivity index (χ4n) is 1.88. The molecule has 1 N–H and O–H groups in total. The number of benzene rings is 1. The van der Waals surface area contributed by atoms with Crippen LogP contribution in [0, 0.1) is 6.92 Å². The minimum Gasteiger partial charge on any atom is -0.481 e. The van der Waals surface area contributed by atoms with E-state index in [-0.39, 0.29) is 17.0 Å². The van der Waals surface area contributed by atoms with Crippen LogP contribution >= 0.6 is 11.6 Å². The Morgan fingerprint density at radius 1 is 1.33 bits per heavy atom. The van der Waals surface area contributed by atoms with Crippen molar-refractivity contribution in [3.05, 3.63) is 46.6 Å². The molecule has 1 heterocycles. The molecule has 0 unspecified atom stereocenters. The van der Waals surface area contributed by atoms with E-state index < -0.39 is 0 Å². The number of nitrogens with one attached hydrogen (secondary N) is 1. The maximum Gasteiger partial charge on any atom is 0.234 e. The zero-order valence-electron chi connectivity index (χ0n) is 11.9. The van der Waals surface area contributed by atoms with Crippen LogP contribution in [0.5, 0.6) is 5.88 Å². The molecule has 0 atom stereocenters. The second-order valence-electron chi connectivity index (χ2n) is 4.53. The lowest BCUT2D eigenvalue weighted by Crippen LogP contribution is -2.15. The van der Waals surface area contributed by atoms with Crippen LogP contribution in [0.25, 0.3) is 0 Å². The van der Waals surface area contributed by atoms with E-state index in [9.17, 15) is 4.79 Å². The Morgan fingerprint density at radius 3 is 2.81 bits per heavy atom. The molecule has 0 spiro atoms. The van der Waals surface area contributed by atoms with Crippen molar-refractivity contribution in [3.63, 3.8) is 0 Å². The van der Waals surface area contributed by atoms with E-state index in [1.54, 1.807) is 0 Å². The monoisotopic (exact) mass is 305 g/mol. The molecule has 0 saturated heterocycles. The summed E-state index contributed by atoms with van der Waals surface area (Å²) in [6.07, 6.45) is 1.01. The smallest absolute Gasteiger partial charge is 0.234 e. The molecule has 21 heavy (non-hydrogen) atoms. The molecule has 0 aliphatic carbocycles. The quantitative estimate of drug-likeness (QED) is 0.862. The molecule has 0 saturated carbocycles. The molecular formula is C15H16ClN3O2. The van der Waals surface area contributed by atoms with Crippen LogP contribution in [0.1, 0.15) is 17.5 Å². The highest BCUT2D eigenvalue weighted by Gasteiger charge is 2.08. The number of rotatable bonds is 5. The van der Waals surface area contributed by atoms with Gasteiger partial charge in [0.25, 0.3) is 0 Å². The molecule has 6 heteroatoms. The maximum atomic E-state index is 11.9. The van der Waals surface area contributed by atoms with Gasteiger partial charge in [-0.15, -0.1) is 0 Å². The van der Waals surface area contributed by atoms with Gasteiger partial charge in [0.1, 0.15) is 5.15 Å². The average Bonchev–Trinajstić information content (AvgIpc) is 2.45. The molecule has 0 fully saturated rings. The molecule has 1 amide bonds. The summed E-state index contributed by atoms with van der Waals surface area (Å²) in [5, 5.41) is 2.84. The molecule has 1 aromatic heterocycles. The zero-order valence-corrected chi connectivity index (χ0v) is 12.6. The molecule has 110 valence electrons. The van der Waals surface area contributed by atoms with Crippen molar-refractivity contribution in [2.75, 3.05) is 12.4 Å². The third-order valence-electron chi connectivity index (χ3n) is 3.01. The lowest BCUT2D eigenvalue weighted by Gasteiger charge is -2.07. The van der Waals surface area contributed by atoms with Gasteiger partial charge in [-0.25, -0.2) is 4.98 Å². The first kappa shape index (κ1) is 15.3. The number of carbonyl (C=O) groups is 1. The lowest BCUT2D eigenvalue weighted by atomic mass is 10.0. The van der Waals surface area contributed by atoms with Gasteiger partial charge in [-0.1, -0.05) is 35.9 Å². The summed E-state index contributed by atoms with van der Waals surface area (Å²) in [5.74, 6) is 0.293. The number of hydrogen-bond acceptors (Lipinski definition) is 4. The summed E-state index contributed by atoms with van der Waals surface area (Å²) in [7, 11) is 1.47. The maximum absolute atomic E-state index is 11.9. The summed E-state index contributed by atoms with van der Waals surface area (Å²) < 4.78 is 4.98. The van der Waals surface area contributed by atoms with Gasteiger partial charge in [-0.2, -0.15) is 4.98 Å². The number of carbonyl (C=O) groups excluding carboxylic acids is 1. The van der Waals surface area contributed by atoms with Gasteiger partial charge in [-0.05, 0) is 24.5 Å². The highest BCUT2D eigenvalue weighted by molar-refractivity contribution is 6.29. The van der Waals surface area contributed by atoms with Crippen LogP contribution in [0.4, 0.5) is 5.95 Å². The van der Waals surface area contributed by atoms with E-state index in [0.717, 1.165) is 5.56 Å². The minimum absolute atomic E-state index is 0.147. The van der Waals surface area contributed by atoms with Crippen LogP contribution in [0.2, 0.25) is 5.15 Å². The summed E-state index contributed by atoms with van der Waals surface area (Å²) >= 11 is 5.82. The van der Waals surface area contributed by atoms with E-state index in [1.165, 1.54) is 18.7 Å². The van der Waals surface area contributed by atoms with Crippen LogP contribution in [-0.2, 0) is 11.2 Å². The predicted octanol–water partition coefficient (Wildman–Crippen LogP) is 3.02. The second-order valence-corrected chi connectivity index (χ2v) is 4.92. The third kappa shape index (κ3) is 4.43. The molecule has 2 aromatic rings. The van der Waals surface area contributed by atoms with Crippen LogP contribution in [0.3, 0.4) is 0 Å². The summed E-state index contributed by atoms with van der Waals surface area (Å²) in [6, 6.07) is 9.46. The number of methoxy groups -OCH3 is 1. The summed E-state index contributed by atoms with van der Waals surface area (Å²) in [4.78, 5) is 19.9. The Hall–Kier alpha value is -2.14.